The van der Waals surface area contributed by atoms with Crippen molar-refractivity contribution in [1.82, 2.24) is 0 Å². The van der Waals surface area contributed by atoms with Crippen LogP contribution >= 0.6 is 0 Å². The summed E-state index contributed by atoms with van der Waals surface area (Å²) in [5, 5.41) is 0. The number of nitrogens with two attached hydrogens (primary N) is 1. The standard InChI is InChI=1S/C8H17NO/c1-2-7(9)5-6-10-8-3-4-8/h7-8H,2-6,9H2,1H3/t7-/m1/s1. The van der Waals surface area contributed by atoms with Crippen LogP contribution in [0.1, 0.15) is 32.6 Å². The molecule has 0 heterocycles. The van der Waals surface area contributed by atoms with Crippen LogP contribution in [0.3, 0.4) is 0 Å². The highest BCUT2D eigenvalue weighted by Crippen LogP contribution is 2.23. The highest BCUT2D eigenvalue weighted by atomic mass is 16.5. The Morgan fingerprint density at radius 3 is 2.80 bits per heavy atom. The zero-order valence-electron chi connectivity index (χ0n) is 6.68. The van der Waals surface area contributed by atoms with E-state index in [1.807, 2.05) is 0 Å². The van der Waals surface area contributed by atoms with Crippen molar-refractivity contribution in [3.8, 4) is 0 Å². The molecule has 1 aliphatic rings. The van der Waals surface area contributed by atoms with E-state index < -0.39 is 0 Å². The van der Waals surface area contributed by atoms with Crippen molar-refractivity contribution in [2.75, 3.05) is 6.61 Å². The molecular formula is C8H17NO. The predicted molar refractivity (Wildman–Crippen MR) is 41.9 cm³/mol. The van der Waals surface area contributed by atoms with Gasteiger partial charge in [0.15, 0.2) is 0 Å². The second-order valence-corrected chi connectivity index (χ2v) is 3.03. The highest BCUT2D eigenvalue weighted by Gasteiger charge is 2.21. The van der Waals surface area contributed by atoms with Crippen LogP contribution in [0.15, 0.2) is 0 Å². The summed E-state index contributed by atoms with van der Waals surface area (Å²) in [5.74, 6) is 0. The molecule has 0 bridgehead atoms. The van der Waals surface area contributed by atoms with Crippen LogP contribution in [0.5, 0.6) is 0 Å². The van der Waals surface area contributed by atoms with Gasteiger partial charge in [0.25, 0.3) is 0 Å². The minimum absolute atomic E-state index is 0.346. The molecule has 0 aromatic heterocycles. The van der Waals surface area contributed by atoms with Crippen molar-refractivity contribution < 1.29 is 4.74 Å². The molecule has 1 atom stereocenters. The van der Waals surface area contributed by atoms with Gasteiger partial charge in [-0.1, -0.05) is 6.92 Å². The summed E-state index contributed by atoms with van der Waals surface area (Å²) in [6.07, 6.45) is 5.20. The number of hydrogen-bond acceptors (Lipinski definition) is 2. The van der Waals surface area contributed by atoms with E-state index in [1.165, 1.54) is 12.8 Å². The topological polar surface area (TPSA) is 35.2 Å². The van der Waals surface area contributed by atoms with E-state index in [1.54, 1.807) is 0 Å². The molecule has 0 unspecified atom stereocenters. The van der Waals surface area contributed by atoms with Gasteiger partial charge in [-0.05, 0) is 25.7 Å². The smallest absolute Gasteiger partial charge is 0.0577 e. The van der Waals surface area contributed by atoms with Crippen LogP contribution in [0.2, 0.25) is 0 Å². The average molecular weight is 143 g/mol. The number of rotatable bonds is 5. The summed E-state index contributed by atoms with van der Waals surface area (Å²) >= 11 is 0. The Bertz CT molecular complexity index is 91.3. The average Bonchev–Trinajstić information content (AvgIpc) is 2.71. The Hall–Kier alpha value is -0.0800. The number of ether oxygens (including phenoxy) is 1. The highest BCUT2D eigenvalue weighted by molar-refractivity contribution is 4.73. The summed E-state index contributed by atoms with van der Waals surface area (Å²) < 4.78 is 5.45. The summed E-state index contributed by atoms with van der Waals surface area (Å²) in [7, 11) is 0. The molecule has 1 rings (SSSR count). The quantitative estimate of drug-likeness (QED) is 0.629. The van der Waals surface area contributed by atoms with Crippen molar-refractivity contribution >= 4 is 0 Å². The fraction of sp³-hybridized carbons (Fsp3) is 1.00. The Kier molecular flexibility index (Phi) is 3.16. The van der Waals surface area contributed by atoms with E-state index in [9.17, 15) is 0 Å². The maximum atomic E-state index is 5.70. The zero-order chi connectivity index (χ0) is 7.40. The van der Waals surface area contributed by atoms with Crippen LogP contribution in [0.4, 0.5) is 0 Å². The summed E-state index contributed by atoms with van der Waals surface area (Å²) in [6, 6.07) is 0.346. The van der Waals surface area contributed by atoms with E-state index in [2.05, 4.69) is 6.92 Å². The zero-order valence-corrected chi connectivity index (χ0v) is 6.68. The molecule has 0 aromatic carbocycles. The molecule has 2 N–H and O–H groups in total. The molecule has 2 heteroatoms. The van der Waals surface area contributed by atoms with E-state index in [0.717, 1.165) is 19.4 Å². The molecule has 0 radical (unpaired) electrons. The molecule has 0 saturated heterocycles. The summed E-state index contributed by atoms with van der Waals surface area (Å²) in [4.78, 5) is 0. The van der Waals surface area contributed by atoms with Gasteiger partial charge in [-0.25, -0.2) is 0 Å². The Labute approximate surface area is 62.7 Å². The predicted octanol–water partition coefficient (Wildman–Crippen LogP) is 1.29. The summed E-state index contributed by atoms with van der Waals surface area (Å²) in [6.45, 7) is 2.97. The van der Waals surface area contributed by atoms with Gasteiger partial charge in [-0.2, -0.15) is 0 Å². The Balaban J connectivity index is 1.83. The number of hydrogen-bond donors (Lipinski definition) is 1. The minimum Gasteiger partial charge on any atom is -0.378 e. The van der Waals surface area contributed by atoms with Crippen molar-refractivity contribution in [2.24, 2.45) is 5.73 Å². The Morgan fingerprint density at radius 1 is 1.60 bits per heavy atom. The van der Waals surface area contributed by atoms with Gasteiger partial charge >= 0.3 is 0 Å². The largest absolute Gasteiger partial charge is 0.378 e. The van der Waals surface area contributed by atoms with Gasteiger partial charge in [0, 0.05) is 12.6 Å². The summed E-state index contributed by atoms with van der Waals surface area (Å²) in [5.41, 5.74) is 5.70. The van der Waals surface area contributed by atoms with Crippen LogP contribution in [-0.2, 0) is 4.74 Å². The molecule has 0 aromatic rings. The van der Waals surface area contributed by atoms with Crippen molar-refractivity contribution in [1.29, 1.82) is 0 Å². The molecule has 60 valence electrons. The van der Waals surface area contributed by atoms with Gasteiger partial charge in [0.1, 0.15) is 0 Å². The first-order chi connectivity index (χ1) is 4.83. The SMILES string of the molecule is CC[C@@H](N)CCOC1CC1. The lowest BCUT2D eigenvalue weighted by molar-refractivity contribution is 0.112. The van der Waals surface area contributed by atoms with Crippen molar-refractivity contribution in [3.63, 3.8) is 0 Å². The second kappa shape index (κ2) is 3.94. The van der Waals surface area contributed by atoms with Crippen LogP contribution < -0.4 is 5.73 Å². The maximum Gasteiger partial charge on any atom is 0.0577 e. The minimum atomic E-state index is 0.346. The van der Waals surface area contributed by atoms with E-state index in [-0.39, 0.29) is 0 Å². The van der Waals surface area contributed by atoms with Gasteiger partial charge in [-0.3, -0.25) is 0 Å². The maximum absolute atomic E-state index is 5.70. The first-order valence-corrected chi connectivity index (χ1v) is 4.20. The molecule has 0 amide bonds. The van der Waals surface area contributed by atoms with Crippen LogP contribution in [0, 0.1) is 0 Å². The Morgan fingerprint density at radius 2 is 2.30 bits per heavy atom. The van der Waals surface area contributed by atoms with Gasteiger partial charge in [0.05, 0.1) is 6.10 Å². The van der Waals surface area contributed by atoms with Gasteiger partial charge < -0.3 is 10.5 Å². The normalized spacial score (nSPS) is 21.0. The van der Waals surface area contributed by atoms with E-state index in [4.69, 9.17) is 10.5 Å². The van der Waals surface area contributed by atoms with Crippen LogP contribution in [0.25, 0.3) is 0 Å². The molecule has 1 fully saturated rings. The first-order valence-electron chi connectivity index (χ1n) is 4.20. The lowest BCUT2D eigenvalue weighted by Gasteiger charge is -2.07. The molecule has 1 aliphatic carbocycles. The van der Waals surface area contributed by atoms with Gasteiger partial charge in [0.2, 0.25) is 0 Å². The second-order valence-electron chi connectivity index (χ2n) is 3.03. The molecule has 1 saturated carbocycles. The lowest BCUT2D eigenvalue weighted by atomic mass is 10.2. The lowest BCUT2D eigenvalue weighted by Crippen LogP contribution is -2.20. The van der Waals surface area contributed by atoms with E-state index in [0.29, 0.717) is 12.1 Å². The molecule has 0 aliphatic heterocycles. The van der Waals surface area contributed by atoms with Crippen LogP contribution in [-0.4, -0.2) is 18.8 Å². The third kappa shape index (κ3) is 3.18. The van der Waals surface area contributed by atoms with Crippen molar-refractivity contribution in [2.45, 2.75) is 44.8 Å². The molecule has 2 nitrogen and oxygen atoms in total. The van der Waals surface area contributed by atoms with Gasteiger partial charge in [-0.15, -0.1) is 0 Å². The molecule has 0 spiro atoms. The molecule has 10 heavy (non-hydrogen) atoms. The third-order valence-electron chi connectivity index (χ3n) is 1.89. The molecular weight excluding hydrogens is 126 g/mol. The third-order valence-corrected chi connectivity index (χ3v) is 1.89. The van der Waals surface area contributed by atoms with E-state index >= 15 is 0 Å². The fourth-order valence-corrected chi connectivity index (χ4v) is 0.825. The monoisotopic (exact) mass is 143 g/mol. The fourth-order valence-electron chi connectivity index (χ4n) is 0.825. The van der Waals surface area contributed by atoms with Crippen molar-refractivity contribution in [3.05, 3.63) is 0 Å². The first kappa shape index (κ1) is 8.02.